The van der Waals surface area contributed by atoms with Crippen LogP contribution in [0.1, 0.15) is 54.7 Å². The van der Waals surface area contributed by atoms with E-state index in [-0.39, 0.29) is 12.0 Å². The normalized spacial score (nSPS) is 21.2. The van der Waals surface area contributed by atoms with Gasteiger partial charge in [-0.2, -0.15) is 15.0 Å². The third kappa shape index (κ3) is 3.32. The predicted octanol–water partition coefficient (Wildman–Crippen LogP) is 3.57. The Kier molecular flexibility index (Phi) is 4.64. The summed E-state index contributed by atoms with van der Waals surface area (Å²) >= 11 is 0. The first-order valence-corrected chi connectivity index (χ1v) is 8.41. The summed E-state index contributed by atoms with van der Waals surface area (Å²) in [6, 6.07) is 6.66. The van der Waals surface area contributed by atoms with E-state index in [0.29, 0.717) is 17.7 Å². The number of rotatable bonds is 4. The minimum Gasteiger partial charge on any atom is -0.368 e. The fourth-order valence-corrected chi connectivity index (χ4v) is 3.23. The molecule has 0 spiro atoms. The molecule has 0 fully saturated rings. The number of fused-ring (bicyclic) bond motifs is 1. The van der Waals surface area contributed by atoms with Crippen molar-refractivity contribution < 1.29 is 4.39 Å². The lowest BCUT2D eigenvalue weighted by Crippen LogP contribution is -2.26. The van der Waals surface area contributed by atoms with Crippen molar-refractivity contribution in [3.63, 3.8) is 0 Å². The Morgan fingerprint density at radius 3 is 2.88 bits per heavy atom. The van der Waals surface area contributed by atoms with Crippen LogP contribution in [0.15, 0.2) is 18.2 Å². The molecule has 1 aliphatic rings. The minimum atomic E-state index is -0.523. The van der Waals surface area contributed by atoms with E-state index in [4.69, 9.17) is 5.73 Å². The average Bonchev–Trinajstić information content (AvgIpc) is 2.56. The number of alkyl halides is 1. The van der Waals surface area contributed by atoms with Gasteiger partial charge >= 0.3 is 0 Å². The van der Waals surface area contributed by atoms with Gasteiger partial charge in [-0.15, -0.1) is 0 Å². The molecule has 0 bridgehead atoms. The number of aromatic nitrogens is 3. The number of hydrogen-bond acceptors (Lipinski definition) is 5. The standard InChI is InChI=1S/C18H24FN5/c1-10-4-7-14-13(8-10)6-5-11(2)15(14)21-18-23-16(12(3)9-19)22-17(20)24-18/h4,7-8,11-12,15H,5-6,9H2,1-3H3,(H3,20,21,22,23,24). The monoisotopic (exact) mass is 329 g/mol. The number of nitrogens with one attached hydrogen (secondary N) is 1. The van der Waals surface area contributed by atoms with Crippen molar-refractivity contribution in [2.75, 3.05) is 17.7 Å². The van der Waals surface area contributed by atoms with Crippen molar-refractivity contribution in [3.8, 4) is 0 Å². The quantitative estimate of drug-likeness (QED) is 0.897. The van der Waals surface area contributed by atoms with Gasteiger partial charge in [0, 0.05) is 5.92 Å². The van der Waals surface area contributed by atoms with Crippen LogP contribution in [0.25, 0.3) is 0 Å². The van der Waals surface area contributed by atoms with Crippen molar-refractivity contribution in [3.05, 3.63) is 40.7 Å². The van der Waals surface area contributed by atoms with Crippen molar-refractivity contribution >= 4 is 11.9 Å². The van der Waals surface area contributed by atoms with Crippen LogP contribution >= 0.6 is 0 Å². The van der Waals surface area contributed by atoms with Gasteiger partial charge in [0.25, 0.3) is 0 Å². The van der Waals surface area contributed by atoms with E-state index in [1.54, 1.807) is 6.92 Å². The minimum absolute atomic E-state index is 0.115. The maximum absolute atomic E-state index is 12.9. The number of nitrogens with two attached hydrogens (primary N) is 1. The first kappa shape index (κ1) is 16.6. The Hall–Kier alpha value is -2.24. The number of halogens is 1. The van der Waals surface area contributed by atoms with E-state index in [9.17, 15) is 4.39 Å². The van der Waals surface area contributed by atoms with Gasteiger partial charge in [0.1, 0.15) is 5.82 Å². The zero-order valence-corrected chi connectivity index (χ0v) is 14.4. The molecule has 3 N–H and O–H groups in total. The summed E-state index contributed by atoms with van der Waals surface area (Å²) in [6.45, 7) is 5.54. The number of hydrogen-bond donors (Lipinski definition) is 2. The second-order valence-corrected chi connectivity index (χ2v) is 6.77. The zero-order valence-electron chi connectivity index (χ0n) is 14.4. The molecule has 0 aliphatic heterocycles. The molecular formula is C18H24FN5. The summed E-state index contributed by atoms with van der Waals surface area (Å²) < 4.78 is 12.9. The highest BCUT2D eigenvalue weighted by molar-refractivity contribution is 5.42. The third-order valence-corrected chi connectivity index (χ3v) is 4.70. The molecule has 1 aliphatic carbocycles. The second-order valence-electron chi connectivity index (χ2n) is 6.77. The zero-order chi connectivity index (χ0) is 17.3. The van der Waals surface area contributed by atoms with Gasteiger partial charge in [-0.05, 0) is 36.8 Å². The molecule has 3 atom stereocenters. The predicted molar refractivity (Wildman–Crippen MR) is 93.7 cm³/mol. The number of nitrogen functional groups attached to an aromatic ring is 1. The first-order valence-electron chi connectivity index (χ1n) is 8.41. The van der Waals surface area contributed by atoms with Crippen LogP contribution in [-0.2, 0) is 6.42 Å². The number of nitrogens with zero attached hydrogens (tertiary/aromatic N) is 3. The van der Waals surface area contributed by atoms with Crippen LogP contribution in [0.2, 0.25) is 0 Å². The molecule has 3 rings (SSSR count). The van der Waals surface area contributed by atoms with Gasteiger partial charge in [-0.25, -0.2) is 0 Å². The smallest absolute Gasteiger partial charge is 0.228 e. The summed E-state index contributed by atoms with van der Waals surface area (Å²) in [5, 5.41) is 3.40. The SMILES string of the molecule is Cc1ccc2c(c1)CCC(C)C2Nc1nc(N)nc(C(C)CF)n1. The first-order chi connectivity index (χ1) is 11.5. The summed E-state index contributed by atoms with van der Waals surface area (Å²) in [5.41, 5.74) is 9.69. The van der Waals surface area contributed by atoms with E-state index in [1.165, 1.54) is 16.7 Å². The molecule has 6 heteroatoms. The van der Waals surface area contributed by atoms with Gasteiger partial charge in [-0.1, -0.05) is 37.6 Å². The molecule has 5 nitrogen and oxygen atoms in total. The highest BCUT2D eigenvalue weighted by Crippen LogP contribution is 2.36. The van der Waals surface area contributed by atoms with Crippen molar-refractivity contribution in [2.45, 2.75) is 45.6 Å². The number of anilines is 2. The van der Waals surface area contributed by atoms with E-state index < -0.39 is 12.6 Å². The van der Waals surface area contributed by atoms with E-state index >= 15 is 0 Å². The topological polar surface area (TPSA) is 76.7 Å². The van der Waals surface area contributed by atoms with Crippen LogP contribution in [0.5, 0.6) is 0 Å². The molecule has 1 heterocycles. The highest BCUT2D eigenvalue weighted by Gasteiger charge is 2.27. The van der Waals surface area contributed by atoms with Crippen molar-refractivity contribution in [1.29, 1.82) is 0 Å². The Labute approximate surface area is 141 Å². The van der Waals surface area contributed by atoms with Crippen molar-refractivity contribution in [1.82, 2.24) is 15.0 Å². The summed E-state index contributed by atoms with van der Waals surface area (Å²) in [5.74, 6) is 0.980. The Balaban J connectivity index is 1.92. The lowest BCUT2D eigenvalue weighted by Gasteiger charge is -2.32. The van der Waals surface area contributed by atoms with Gasteiger partial charge in [-0.3, -0.25) is 4.39 Å². The second kappa shape index (κ2) is 6.71. The molecule has 1 aromatic carbocycles. The molecular weight excluding hydrogens is 305 g/mol. The molecule has 2 aromatic rings. The third-order valence-electron chi connectivity index (χ3n) is 4.70. The Morgan fingerprint density at radius 1 is 1.33 bits per heavy atom. The Bertz CT molecular complexity index is 733. The summed E-state index contributed by atoms with van der Waals surface area (Å²) in [7, 11) is 0. The summed E-state index contributed by atoms with van der Waals surface area (Å²) in [4.78, 5) is 12.6. The molecule has 1 aromatic heterocycles. The maximum atomic E-state index is 12.9. The fraction of sp³-hybridized carbons (Fsp3) is 0.500. The van der Waals surface area contributed by atoms with Crippen molar-refractivity contribution in [2.24, 2.45) is 5.92 Å². The molecule has 128 valence electrons. The molecule has 0 amide bonds. The lowest BCUT2D eigenvalue weighted by atomic mass is 9.80. The molecule has 0 saturated heterocycles. The van der Waals surface area contributed by atoms with Gasteiger partial charge in [0.2, 0.25) is 11.9 Å². The lowest BCUT2D eigenvalue weighted by molar-refractivity contribution is 0.428. The highest BCUT2D eigenvalue weighted by atomic mass is 19.1. The van der Waals surface area contributed by atoms with Crippen LogP contribution in [0.4, 0.5) is 16.3 Å². The summed E-state index contributed by atoms with van der Waals surface area (Å²) in [6.07, 6.45) is 2.18. The number of aryl methyl sites for hydroxylation is 2. The van der Waals surface area contributed by atoms with Crippen LogP contribution < -0.4 is 11.1 Å². The van der Waals surface area contributed by atoms with Gasteiger partial charge in [0.15, 0.2) is 0 Å². The molecule has 3 unspecified atom stereocenters. The van der Waals surface area contributed by atoms with Gasteiger partial charge < -0.3 is 11.1 Å². The maximum Gasteiger partial charge on any atom is 0.228 e. The van der Waals surface area contributed by atoms with Crippen LogP contribution in [-0.4, -0.2) is 21.6 Å². The molecule has 24 heavy (non-hydrogen) atoms. The van der Waals surface area contributed by atoms with E-state index in [1.807, 2.05) is 0 Å². The van der Waals surface area contributed by atoms with Gasteiger partial charge in [0.05, 0.1) is 12.7 Å². The largest absolute Gasteiger partial charge is 0.368 e. The average molecular weight is 329 g/mol. The fourth-order valence-electron chi connectivity index (χ4n) is 3.23. The number of benzene rings is 1. The van der Waals surface area contributed by atoms with Crippen LogP contribution in [0, 0.1) is 12.8 Å². The van der Waals surface area contributed by atoms with E-state index in [0.717, 1.165) is 12.8 Å². The van der Waals surface area contributed by atoms with E-state index in [2.05, 4.69) is 52.3 Å². The van der Waals surface area contributed by atoms with Crippen LogP contribution in [0.3, 0.4) is 0 Å². The Morgan fingerprint density at radius 2 is 2.12 bits per heavy atom. The molecule has 0 radical (unpaired) electrons. The molecule has 0 saturated carbocycles.